The van der Waals surface area contributed by atoms with E-state index in [0.717, 1.165) is 51.0 Å². The van der Waals surface area contributed by atoms with Gasteiger partial charge < -0.3 is 20.0 Å². The summed E-state index contributed by atoms with van der Waals surface area (Å²) in [6.45, 7) is 5.86. The van der Waals surface area contributed by atoms with Gasteiger partial charge in [0.25, 0.3) is 0 Å². The molecule has 2 N–H and O–H groups in total. The fourth-order valence-corrected chi connectivity index (χ4v) is 4.93. The Hall–Kier alpha value is -2.63. The predicted octanol–water partition coefficient (Wildman–Crippen LogP) is 6.10. The fourth-order valence-electron chi connectivity index (χ4n) is 4.93. The molecule has 35 heavy (non-hydrogen) atoms. The van der Waals surface area contributed by atoms with E-state index in [1.807, 2.05) is 18.2 Å². The standard InChI is InChI=1S/C28H30N2O.C2H6O.ClH/c31-28(25-11-2-1-3-12-25)17-21-29(22-18-28)19-8-20-30-26-13-6-4-9-23(26)15-16-24-10-5-7-14-27(24)30;1-2-3;/h1-7,9-16,31H,8,17-22H2;3H,2H2,1H3;1H. The van der Waals surface area contributed by atoms with Gasteiger partial charge in [-0.1, -0.05) is 78.9 Å². The number of hydrogen-bond donors (Lipinski definition) is 2. The number of benzene rings is 3. The van der Waals surface area contributed by atoms with Crippen LogP contribution in [0.4, 0.5) is 11.4 Å². The molecule has 1 saturated heterocycles. The zero-order valence-electron chi connectivity index (χ0n) is 20.5. The molecule has 0 saturated carbocycles. The van der Waals surface area contributed by atoms with Gasteiger partial charge in [-0.2, -0.15) is 0 Å². The van der Waals surface area contributed by atoms with Gasteiger partial charge in [-0.15, -0.1) is 12.4 Å². The molecule has 0 aliphatic carbocycles. The van der Waals surface area contributed by atoms with Gasteiger partial charge in [0.05, 0.1) is 5.60 Å². The predicted molar refractivity (Wildman–Crippen MR) is 149 cm³/mol. The zero-order valence-corrected chi connectivity index (χ0v) is 21.3. The van der Waals surface area contributed by atoms with E-state index in [1.54, 1.807) is 6.92 Å². The molecule has 2 aliphatic rings. The Bertz CT molecular complexity index is 1030. The number of hydrogen-bond acceptors (Lipinski definition) is 4. The first-order valence-corrected chi connectivity index (χ1v) is 12.4. The molecule has 0 atom stereocenters. The minimum atomic E-state index is -0.675. The molecule has 5 rings (SSSR count). The minimum Gasteiger partial charge on any atom is -0.397 e. The van der Waals surface area contributed by atoms with Gasteiger partial charge in [-0.3, -0.25) is 0 Å². The van der Waals surface area contributed by atoms with Crippen LogP contribution in [0.1, 0.15) is 42.9 Å². The summed E-state index contributed by atoms with van der Waals surface area (Å²) >= 11 is 0. The maximum atomic E-state index is 11.1. The molecule has 0 unspecified atom stereocenters. The number of likely N-dealkylation sites (tertiary alicyclic amines) is 1. The molecular weight excluding hydrogens is 456 g/mol. The molecule has 0 bridgehead atoms. The normalized spacial score (nSPS) is 16.1. The van der Waals surface area contributed by atoms with Crippen molar-refractivity contribution in [2.45, 2.75) is 31.8 Å². The van der Waals surface area contributed by atoms with Crippen LogP contribution >= 0.6 is 12.4 Å². The molecule has 3 aromatic carbocycles. The first kappa shape index (κ1) is 27.0. The summed E-state index contributed by atoms with van der Waals surface area (Å²) in [7, 11) is 0. The lowest BCUT2D eigenvalue weighted by Gasteiger charge is -2.39. The van der Waals surface area contributed by atoms with E-state index >= 15 is 0 Å². The quantitative estimate of drug-likeness (QED) is 0.451. The second kappa shape index (κ2) is 12.9. The third kappa shape index (κ3) is 6.53. The second-order valence-corrected chi connectivity index (χ2v) is 9.01. The molecule has 2 aliphatic heterocycles. The van der Waals surface area contributed by atoms with Crippen LogP contribution in [0.25, 0.3) is 12.2 Å². The van der Waals surface area contributed by atoms with E-state index < -0.39 is 5.60 Å². The maximum Gasteiger partial charge on any atom is 0.0920 e. The number of rotatable bonds is 5. The maximum absolute atomic E-state index is 11.1. The van der Waals surface area contributed by atoms with Crippen LogP contribution in [0, 0.1) is 0 Å². The molecule has 3 aromatic rings. The van der Waals surface area contributed by atoms with Gasteiger partial charge in [-0.25, -0.2) is 0 Å². The largest absolute Gasteiger partial charge is 0.397 e. The van der Waals surface area contributed by atoms with Crippen LogP contribution in [0.15, 0.2) is 78.9 Å². The van der Waals surface area contributed by atoms with Crippen molar-refractivity contribution in [3.8, 4) is 0 Å². The number of aliphatic hydroxyl groups excluding tert-OH is 1. The summed E-state index contributed by atoms with van der Waals surface area (Å²) in [6.07, 6.45) is 7.14. The highest BCUT2D eigenvalue weighted by Crippen LogP contribution is 2.36. The summed E-state index contributed by atoms with van der Waals surface area (Å²) in [5.74, 6) is 0. The van der Waals surface area contributed by atoms with E-state index in [2.05, 4.69) is 82.6 Å². The van der Waals surface area contributed by atoms with Crippen LogP contribution in [0.3, 0.4) is 0 Å². The number of nitrogens with zero attached hydrogens (tertiary/aromatic N) is 2. The van der Waals surface area contributed by atoms with Crippen molar-refractivity contribution in [2.24, 2.45) is 0 Å². The molecule has 4 nitrogen and oxygen atoms in total. The van der Waals surface area contributed by atoms with Crippen molar-refractivity contribution in [3.63, 3.8) is 0 Å². The number of piperidine rings is 1. The van der Waals surface area contributed by atoms with Crippen molar-refractivity contribution < 1.29 is 10.2 Å². The Labute approximate surface area is 215 Å². The van der Waals surface area contributed by atoms with Gasteiger partial charge in [0.1, 0.15) is 0 Å². The number of fused-ring (bicyclic) bond motifs is 2. The van der Waals surface area contributed by atoms with Crippen LogP contribution in [0.5, 0.6) is 0 Å². The van der Waals surface area contributed by atoms with Gasteiger partial charge in [0.15, 0.2) is 0 Å². The Morgan fingerprint density at radius 2 is 1.23 bits per heavy atom. The lowest BCUT2D eigenvalue weighted by atomic mass is 9.84. The first-order chi connectivity index (χ1) is 16.6. The average Bonchev–Trinajstić information content (AvgIpc) is 3.04. The zero-order chi connectivity index (χ0) is 23.8. The number of anilines is 2. The molecule has 0 amide bonds. The summed E-state index contributed by atoms with van der Waals surface area (Å²) in [6, 6.07) is 27.5. The molecule has 0 spiro atoms. The Morgan fingerprint density at radius 3 is 1.77 bits per heavy atom. The van der Waals surface area contributed by atoms with Crippen LogP contribution in [-0.2, 0) is 5.60 Å². The highest BCUT2D eigenvalue weighted by molar-refractivity contribution is 5.88. The lowest BCUT2D eigenvalue weighted by molar-refractivity contribution is -0.0258. The highest BCUT2D eigenvalue weighted by atomic mass is 35.5. The summed E-state index contributed by atoms with van der Waals surface area (Å²) in [4.78, 5) is 4.97. The molecule has 5 heteroatoms. The Balaban J connectivity index is 0.000000815. The van der Waals surface area contributed by atoms with Gasteiger partial charge >= 0.3 is 0 Å². The van der Waals surface area contributed by atoms with Gasteiger partial charge in [0, 0.05) is 37.6 Å². The van der Waals surface area contributed by atoms with Crippen molar-refractivity contribution in [3.05, 3.63) is 95.6 Å². The van der Waals surface area contributed by atoms with Gasteiger partial charge in [0.2, 0.25) is 0 Å². The highest BCUT2D eigenvalue weighted by Gasteiger charge is 2.33. The molecular formula is C30H37ClN2O2. The van der Waals surface area contributed by atoms with Crippen LogP contribution < -0.4 is 4.90 Å². The van der Waals surface area contributed by atoms with E-state index in [0.29, 0.717) is 0 Å². The van der Waals surface area contributed by atoms with E-state index in [9.17, 15) is 5.11 Å². The van der Waals surface area contributed by atoms with Gasteiger partial charge in [-0.05, 0) is 61.6 Å². The van der Waals surface area contributed by atoms with Crippen molar-refractivity contribution in [1.82, 2.24) is 4.90 Å². The summed E-state index contributed by atoms with van der Waals surface area (Å²) in [5.41, 5.74) is 5.47. The van der Waals surface area contributed by atoms with Crippen LogP contribution in [0.2, 0.25) is 0 Å². The van der Waals surface area contributed by atoms with E-state index in [-0.39, 0.29) is 19.0 Å². The number of para-hydroxylation sites is 2. The first-order valence-electron chi connectivity index (χ1n) is 12.4. The van der Waals surface area contributed by atoms with E-state index in [4.69, 9.17) is 5.11 Å². The Morgan fingerprint density at radius 1 is 0.743 bits per heavy atom. The molecule has 186 valence electrons. The smallest absolute Gasteiger partial charge is 0.0920 e. The lowest BCUT2D eigenvalue weighted by Crippen LogP contribution is -2.43. The number of halogens is 1. The Kier molecular flexibility index (Phi) is 9.93. The minimum absolute atomic E-state index is 0. The monoisotopic (exact) mass is 492 g/mol. The SMILES string of the molecule is CCO.Cl.OC1(c2ccccc2)CCN(CCCN2c3ccccc3C=Cc3ccccc32)CC1. The second-order valence-electron chi connectivity index (χ2n) is 9.01. The average molecular weight is 493 g/mol. The summed E-state index contributed by atoms with van der Waals surface area (Å²) in [5, 5.41) is 18.7. The topological polar surface area (TPSA) is 46.9 Å². The van der Waals surface area contributed by atoms with Crippen molar-refractivity contribution >= 4 is 35.9 Å². The molecule has 0 radical (unpaired) electrons. The fraction of sp³-hybridized carbons (Fsp3) is 0.333. The number of aliphatic hydroxyl groups is 2. The van der Waals surface area contributed by atoms with Crippen LogP contribution in [-0.4, -0.2) is 47.9 Å². The molecule has 2 heterocycles. The summed E-state index contributed by atoms with van der Waals surface area (Å²) < 4.78 is 0. The van der Waals surface area contributed by atoms with Crippen molar-refractivity contribution in [1.29, 1.82) is 0 Å². The molecule has 0 aromatic heterocycles. The van der Waals surface area contributed by atoms with Crippen molar-refractivity contribution in [2.75, 3.05) is 37.7 Å². The third-order valence-electron chi connectivity index (χ3n) is 6.75. The van der Waals surface area contributed by atoms with E-state index in [1.165, 1.54) is 22.5 Å². The molecule has 1 fully saturated rings. The third-order valence-corrected chi connectivity index (χ3v) is 6.75.